The Morgan fingerprint density at radius 1 is 0.853 bits per heavy atom. The van der Waals surface area contributed by atoms with Crippen molar-refractivity contribution in [2.75, 3.05) is 69.2 Å². The van der Waals surface area contributed by atoms with Crippen LogP contribution in [0.5, 0.6) is 5.75 Å². The lowest BCUT2D eigenvalue weighted by Crippen LogP contribution is -2.49. The lowest BCUT2D eigenvalue weighted by atomic mass is 10.3. The summed E-state index contributed by atoms with van der Waals surface area (Å²) in [5.74, 6) is 1.81. The number of likely N-dealkylation sites (N-methyl/N-ethyl adjacent to an activating group) is 1. The van der Waals surface area contributed by atoms with E-state index < -0.39 is 22.1 Å². The first kappa shape index (κ1) is 24.5. The maximum atomic E-state index is 13.0. The number of sulfonamides is 1. The van der Waals surface area contributed by atoms with E-state index in [1.807, 2.05) is 17.9 Å². The van der Waals surface area contributed by atoms with Gasteiger partial charge < -0.3 is 19.4 Å². The molecule has 0 aliphatic carbocycles. The highest BCUT2D eigenvalue weighted by atomic mass is 32.2. The average molecular weight is 501 g/mol. The fourth-order valence-corrected chi connectivity index (χ4v) is 5.44. The third kappa shape index (κ3) is 5.70. The van der Waals surface area contributed by atoms with E-state index >= 15 is 0 Å². The minimum atomic E-state index is -4.83. The van der Waals surface area contributed by atoms with E-state index in [0.29, 0.717) is 18.9 Å². The van der Waals surface area contributed by atoms with Gasteiger partial charge in [0.25, 0.3) is 0 Å². The largest absolute Gasteiger partial charge is 0.573 e. The van der Waals surface area contributed by atoms with Crippen LogP contribution in [0.1, 0.15) is 5.82 Å². The topological polar surface area (TPSA) is 82.1 Å². The normalized spacial score (nSPS) is 18.9. The van der Waals surface area contributed by atoms with Gasteiger partial charge in [0, 0.05) is 58.4 Å². The molecule has 1 aromatic heterocycles. The van der Waals surface area contributed by atoms with Gasteiger partial charge in [0.2, 0.25) is 10.0 Å². The number of ether oxygens (including phenoxy) is 1. The van der Waals surface area contributed by atoms with Crippen LogP contribution in [0, 0.1) is 6.92 Å². The van der Waals surface area contributed by atoms with Crippen molar-refractivity contribution in [3.63, 3.8) is 0 Å². The van der Waals surface area contributed by atoms with E-state index in [9.17, 15) is 21.6 Å². The molecular weight excluding hydrogens is 473 g/mol. The van der Waals surface area contributed by atoms with Gasteiger partial charge >= 0.3 is 6.36 Å². The van der Waals surface area contributed by atoms with E-state index in [1.54, 1.807) is 0 Å². The Hall–Kier alpha value is -2.64. The number of rotatable bonds is 5. The molecule has 1 aromatic carbocycles. The number of halogens is 3. The standard InChI is InChI=1S/C21H27F3N6O3S/c1-16-25-19(28-9-7-27(2)8-10-28)15-20(26-16)29-11-13-30(14-12-29)34(31,32)18-5-3-17(4-6-18)33-21(22,23)24/h3-6,15H,7-14H2,1-2H3. The van der Waals surface area contributed by atoms with Gasteiger partial charge in [-0.1, -0.05) is 0 Å². The number of alkyl halides is 3. The molecule has 9 nitrogen and oxygen atoms in total. The van der Waals surface area contributed by atoms with Crippen LogP contribution in [0.4, 0.5) is 24.8 Å². The second-order valence-electron chi connectivity index (χ2n) is 8.33. The molecule has 0 spiro atoms. The molecule has 0 bridgehead atoms. The van der Waals surface area contributed by atoms with Gasteiger partial charge in [-0.25, -0.2) is 18.4 Å². The maximum Gasteiger partial charge on any atom is 0.573 e. The molecule has 2 fully saturated rings. The summed E-state index contributed by atoms with van der Waals surface area (Å²) in [6, 6.07) is 6.19. The van der Waals surface area contributed by atoms with Crippen molar-refractivity contribution >= 4 is 21.7 Å². The Morgan fingerprint density at radius 3 is 1.85 bits per heavy atom. The van der Waals surface area contributed by atoms with Gasteiger partial charge in [-0.2, -0.15) is 4.31 Å². The maximum absolute atomic E-state index is 13.0. The van der Waals surface area contributed by atoms with Crippen LogP contribution in [0.3, 0.4) is 0 Å². The van der Waals surface area contributed by atoms with Crippen molar-refractivity contribution in [1.82, 2.24) is 19.2 Å². The summed E-state index contributed by atoms with van der Waals surface area (Å²) in [6.45, 7) is 6.86. The number of benzene rings is 1. The fraction of sp³-hybridized carbons (Fsp3) is 0.524. The van der Waals surface area contributed by atoms with E-state index in [2.05, 4.69) is 31.6 Å². The number of hydrogen-bond acceptors (Lipinski definition) is 8. The summed E-state index contributed by atoms with van der Waals surface area (Å²) in [4.78, 5) is 15.6. The molecule has 2 aliphatic rings. The lowest BCUT2D eigenvalue weighted by molar-refractivity contribution is -0.274. The Bertz CT molecular complexity index is 1100. The monoisotopic (exact) mass is 500 g/mol. The van der Waals surface area contributed by atoms with Crippen LogP contribution in [0.2, 0.25) is 0 Å². The molecule has 2 saturated heterocycles. The quantitative estimate of drug-likeness (QED) is 0.616. The van der Waals surface area contributed by atoms with Crippen molar-refractivity contribution < 1.29 is 26.3 Å². The van der Waals surface area contributed by atoms with Crippen molar-refractivity contribution in [3.8, 4) is 5.75 Å². The molecule has 186 valence electrons. The van der Waals surface area contributed by atoms with Crippen LogP contribution in [-0.4, -0.2) is 93.4 Å². The first-order valence-electron chi connectivity index (χ1n) is 10.9. The Morgan fingerprint density at radius 2 is 1.35 bits per heavy atom. The first-order chi connectivity index (χ1) is 16.0. The Labute approximate surface area is 196 Å². The highest BCUT2D eigenvalue weighted by molar-refractivity contribution is 7.89. The van der Waals surface area contributed by atoms with E-state index in [1.165, 1.54) is 4.31 Å². The molecule has 3 heterocycles. The lowest BCUT2D eigenvalue weighted by Gasteiger charge is -2.36. The van der Waals surface area contributed by atoms with Crippen LogP contribution in [0.15, 0.2) is 35.2 Å². The van der Waals surface area contributed by atoms with Crippen molar-refractivity contribution in [2.24, 2.45) is 0 Å². The van der Waals surface area contributed by atoms with Crippen LogP contribution >= 0.6 is 0 Å². The third-order valence-corrected chi connectivity index (χ3v) is 7.81. The van der Waals surface area contributed by atoms with Crippen molar-refractivity contribution in [1.29, 1.82) is 0 Å². The van der Waals surface area contributed by atoms with Gasteiger partial charge in [0.05, 0.1) is 4.90 Å². The highest BCUT2D eigenvalue weighted by Gasteiger charge is 2.32. The second kappa shape index (κ2) is 9.55. The average Bonchev–Trinajstić information content (AvgIpc) is 2.78. The van der Waals surface area contributed by atoms with Gasteiger partial charge in [-0.05, 0) is 38.2 Å². The minimum Gasteiger partial charge on any atom is -0.406 e. The molecule has 34 heavy (non-hydrogen) atoms. The van der Waals surface area contributed by atoms with Crippen LogP contribution in [-0.2, 0) is 10.0 Å². The van der Waals surface area contributed by atoms with E-state index in [0.717, 1.165) is 62.1 Å². The number of aryl methyl sites for hydroxylation is 1. The molecule has 0 unspecified atom stereocenters. The third-order valence-electron chi connectivity index (χ3n) is 5.90. The zero-order valence-electron chi connectivity index (χ0n) is 19.0. The number of hydrogen-bond donors (Lipinski definition) is 0. The predicted octanol–water partition coefficient (Wildman–Crippen LogP) is 1.95. The molecule has 4 rings (SSSR count). The van der Waals surface area contributed by atoms with Crippen LogP contribution in [0.25, 0.3) is 0 Å². The van der Waals surface area contributed by atoms with Gasteiger partial charge in [-0.15, -0.1) is 13.2 Å². The summed E-state index contributed by atoms with van der Waals surface area (Å²) in [7, 11) is -1.75. The Kier molecular flexibility index (Phi) is 6.87. The summed E-state index contributed by atoms with van der Waals surface area (Å²) >= 11 is 0. The predicted molar refractivity (Wildman–Crippen MR) is 121 cm³/mol. The highest BCUT2D eigenvalue weighted by Crippen LogP contribution is 2.27. The fourth-order valence-electron chi connectivity index (χ4n) is 4.02. The van der Waals surface area contributed by atoms with Crippen molar-refractivity contribution in [2.45, 2.75) is 18.2 Å². The first-order valence-corrected chi connectivity index (χ1v) is 12.4. The molecule has 0 saturated carbocycles. The SMILES string of the molecule is Cc1nc(N2CCN(C)CC2)cc(N2CCN(S(=O)(=O)c3ccc(OC(F)(F)F)cc3)CC2)n1. The summed E-state index contributed by atoms with van der Waals surface area (Å²) < 4.78 is 68.1. The van der Waals surface area contributed by atoms with Gasteiger partial charge in [-0.3, -0.25) is 0 Å². The molecule has 0 N–H and O–H groups in total. The number of piperazine rings is 2. The molecule has 2 aliphatic heterocycles. The zero-order chi connectivity index (χ0) is 24.5. The van der Waals surface area contributed by atoms with Gasteiger partial charge in [0.15, 0.2) is 0 Å². The molecule has 13 heteroatoms. The van der Waals surface area contributed by atoms with Crippen molar-refractivity contribution in [3.05, 3.63) is 36.2 Å². The minimum absolute atomic E-state index is 0.0780. The smallest absolute Gasteiger partial charge is 0.406 e. The van der Waals surface area contributed by atoms with E-state index in [-0.39, 0.29) is 18.0 Å². The van der Waals surface area contributed by atoms with E-state index in [4.69, 9.17) is 0 Å². The zero-order valence-corrected chi connectivity index (χ0v) is 19.8. The van der Waals surface area contributed by atoms with Crippen LogP contribution < -0.4 is 14.5 Å². The molecular formula is C21H27F3N6O3S. The molecule has 0 atom stereocenters. The number of anilines is 2. The summed E-state index contributed by atoms with van der Waals surface area (Å²) in [5.41, 5.74) is 0. The van der Waals surface area contributed by atoms with Gasteiger partial charge in [0.1, 0.15) is 23.2 Å². The number of nitrogens with zero attached hydrogens (tertiary/aromatic N) is 6. The molecule has 0 radical (unpaired) electrons. The second-order valence-corrected chi connectivity index (χ2v) is 10.3. The molecule has 0 amide bonds. The summed E-state index contributed by atoms with van der Waals surface area (Å²) in [5, 5.41) is 0. The Balaban J connectivity index is 1.42. The summed E-state index contributed by atoms with van der Waals surface area (Å²) in [6.07, 6.45) is -4.83. The number of aromatic nitrogens is 2. The molecule has 2 aromatic rings.